The molecule has 0 saturated heterocycles. The lowest BCUT2D eigenvalue weighted by molar-refractivity contribution is 0.0934. The quantitative estimate of drug-likeness (QED) is 0.430. The SMILES string of the molecule is Cc1ccc(C(=O)NNC(=S)NC(=O)c2ccc(OCCC(C)C)cc2)cc1Br. The normalized spacial score (nSPS) is 10.4. The number of hydrazine groups is 1. The van der Waals surface area contributed by atoms with Crippen LogP contribution >= 0.6 is 28.1 Å². The highest BCUT2D eigenvalue weighted by molar-refractivity contribution is 9.10. The Hall–Kier alpha value is -2.45. The van der Waals surface area contributed by atoms with Gasteiger partial charge in [0.15, 0.2) is 5.11 Å². The van der Waals surface area contributed by atoms with Gasteiger partial charge in [-0.1, -0.05) is 35.8 Å². The third-order valence-corrected chi connectivity index (χ3v) is 5.09. The Morgan fingerprint density at radius 3 is 2.31 bits per heavy atom. The molecule has 2 aromatic carbocycles. The zero-order chi connectivity index (χ0) is 21.4. The molecule has 0 aliphatic rings. The predicted octanol–water partition coefficient (Wildman–Crippen LogP) is 4.13. The first-order valence-electron chi connectivity index (χ1n) is 9.17. The van der Waals surface area contributed by atoms with Gasteiger partial charge in [0.05, 0.1) is 6.61 Å². The standard InChI is InChI=1S/C21H24BrN3O3S/c1-13(2)10-11-28-17-8-6-15(7-9-17)19(26)23-21(29)25-24-20(27)16-5-4-14(3)18(22)12-16/h4-9,12-13H,10-11H2,1-3H3,(H,24,27)(H2,23,25,26,29). The second-order valence-corrected chi connectivity index (χ2v) is 8.14. The number of rotatable bonds is 6. The largest absolute Gasteiger partial charge is 0.494 e. The number of hydrogen-bond acceptors (Lipinski definition) is 4. The number of thiocarbonyl (C=S) groups is 1. The minimum atomic E-state index is -0.386. The Kier molecular flexibility index (Phi) is 8.60. The summed E-state index contributed by atoms with van der Waals surface area (Å²) in [7, 11) is 0. The second kappa shape index (κ2) is 10.9. The van der Waals surface area contributed by atoms with Crippen molar-refractivity contribution in [3.63, 3.8) is 0 Å². The van der Waals surface area contributed by atoms with Crippen molar-refractivity contribution in [1.82, 2.24) is 16.2 Å². The van der Waals surface area contributed by atoms with Crippen LogP contribution in [0.3, 0.4) is 0 Å². The number of carbonyl (C=O) groups excluding carboxylic acids is 2. The van der Waals surface area contributed by atoms with Crippen LogP contribution in [-0.2, 0) is 0 Å². The van der Waals surface area contributed by atoms with Crippen molar-refractivity contribution >= 4 is 45.1 Å². The van der Waals surface area contributed by atoms with Crippen molar-refractivity contribution in [2.24, 2.45) is 5.92 Å². The molecule has 2 amide bonds. The number of nitrogens with one attached hydrogen (secondary N) is 3. The maximum Gasteiger partial charge on any atom is 0.269 e. The van der Waals surface area contributed by atoms with E-state index >= 15 is 0 Å². The monoisotopic (exact) mass is 477 g/mol. The lowest BCUT2D eigenvalue weighted by Crippen LogP contribution is -2.48. The van der Waals surface area contributed by atoms with Crippen LogP contribution in [0, 0.1) is 12.8 Å². The van der Waals surface area contributed by atoms with E-state index in [1.165, 1.54) is 0 Å². The topological polar surface area (TPSA) is 79.5 Å². The number of ether oxygens (including phenoxy) is 1. The molecule has 8 heteroatoms. The lowest BCUT2D eigenvalue weighted by Gasteiger charge is -2.12. The zero-order valence-corrected chi connectivity index (χ0v) is 18.9. The van der Waals surface area contributed by atoms with E-state index in [2.05, 4.69) is 45.9 Å². The summed E-state index contributed by atoms with van der Waals surface area (Å²) in [6.45, 7) is 6.83. The van der Waals surface area contributed by atoms with Crippen LogP contribution in [0.15, 0.2) is 46.9 Å². The van der Waals surface area contributed by atoms with Gasteiger partial charge in [-0.15, -0.1) is 0 Å². The Balaban J connectivity index is 1.81. The van der Waals surface area contributed by atoms with Gasteiger partial charge in [-0.25, -0.2) is 0 Å². The Morgan fingerprint density at radius 2 is 1.69 bits per heavy atom. The number of halogens is 1. The van der Waals surface area contributed by atoms with Crippen molar-refractivity contribution < 1.29 is 14.3 Å². The minimum Gasteiger partial charge on any atom is -0.494 e. The fraction of sp³-hybridized carbons (Fsp3) is 0.286. The molecule has 2 aromatic rings. The fourth-order valence-electron chi connectivity index (χ4n) is 2.24. The second-order valence-electron chi connectivity index (χ2n) is 6.88. The number of carbonyl (C=O) groups is 2. The molecule has 3 N–H and O–H groups in total. The third kappa shape index (κ3) is 7.47. The summed E-state index contributed by atoms with van der Waals surface area (Å²) in [6.07, 6.45) is 0.966. The Labute approximate surface area is 184 Å². The molecule has 0 unspecified atom stereocenters. The highest BCUT2D eigenvalue weighted by Crippen LogP contribution is 2.17. The van der Waals surface area contributed by atoms with E-state index in [9.17, 15) is 9.59 Å². The van der Waals surface area contributed by atoms with Crippen LogP contribution in [0.4, 0.5) is 0 Å². The number of hydrogen-bond donors (Lipinski definition) is 3. The molecule has 0 aliphatic carbocycles. The van der Waals surface area contributed by atoms with Gasteiger partial charge in [0.25, 0.3) is 11.8 Å². The van der Waals surface area contributed by atoms with E-state index in [4.69, 9.17) is 17.0 Å². The van der Waals surface area contributed by atoms with Crippen LogP contribution in [0.5, 0.6) is 5.75 Å². The summed E-state index contributed by atoms with van der Waals surface area (Å²) in [5.74, 6) is 0.523. The van der Waals surface area contributed by atoms with Gasteiger partial charge in [0, 0.05) is 15.6 Å². The van der Waals surface area contributed by atoms with Crippen LogP contribution in [0.1, 0.15) is 46.5 Å². The first kappa shape index (κ1) is 22.8. The Morgan fingerprint density at radius 1 is 1.03 bits per heavy atom. The van der Waals surface area contributed by atoms with Gasteiger partial charge < -0.3 is 4.74 Å². The van der Waals surface area contributed by atoms with Crippen LogP contribution in [0.25, 0.3) is 0 Å². The predicted molar refractivity (Wildman–Crippen MR) is 121 cm³/mol. The summed E-state index contributed by atoms with van der Waals surface area (Å²) < 4.78 is 6.47. The molecule has 0 fully saturated rings. The highest BCUT2D eigenvalue weighted by Gasteiger charge is 2.10. The molecule has 0 radical (unpaired) electrons. The van der Waals surface area contributed by atoms with Crippen LogP contribution < -0.4 is 20.9 Å². The van der Waals surface area contributed by atoms with Gasteiger partial charge in [-0.2, -0.15) is 0 Å². The molecule has 2 rings (SSSR count). The molecule has 29 heavy (non-hydrogen) atoms. The Bertz CT molecular complexity index is 885. The molecule has 6 nitrogen and oxygen atoms in total. The fourth-order valence-corrected chi connectivity index (χ4v) is 2.76. The molecular weight excluding hydrogens is 454 g/mol. The molecule has 0 bridgehead atoms. The molecule has 0 heterocycles. The van der Waals surface area contributed by atoms with Gasteiger partial charge in [-0.3, -0.25) is 25.8 Å². The number of benzene rings is 2. The van der Waals surface area contributed by atoms with Gasteiger partial charge in [-0.05, 0) is 73.4 Å². The average molecular weight is 478 g/mol. The molecular formula is C21H24BrN3O3S. The smallest absolute Gasteiger partial charge is 0.269 e. The summed E-state index contributed by atoms with van der Waals surface area (Å²) in [5, 5.41) is 2.51. The maximum absolute atomic E-state index is 12.3. The first-order chi connectivity index (χ1) is 13.8. The minimum absolute atomic E-state index is 0.00760. The number of aryl methyl sites for hydroxylation is 1. The van der Waals surface area contributed by atoms with Crippen LogP contribution in [-0.4, -0.2) is 23.5 Å². The first-order valence-corrected chi connectivity index (χ1v) is 10.4. The average Bonchev–Trinajstić information content (AvgIpc) is 2.68. The van der Waals surface area contributed by atoms with Crippen molar-refractivity contribution in [2.75, 3.05) is 6.61 Å². The van der Waals surface area contributed by atoms with Crippen LogP contribution in [0.2, 0.25) is 0 Å². The van der Waals surface area contributed by atoms with Crippen molar-refractivity contribution in [3.8, 4) is 5.75 Å². The van der Waals surface area contributed by atoms with E-state index in [-0.39, 0.29) is 16.9 Å². The van der Waals surface area contributed by atoms with E-state index in [1.807, 2.05) is 13.0 Å². The number of amides is 2. The van der Waals surface area contributed by atoms with Crippen molar-refractivity contribution in [1.29, 1.82) is 0 Å². The highest BCUT2D eigenvalue weighted by atomic mass is 79.9. The van der Waals surface area contributed by atoms with E-state index in [0.717, 1.165) is 16.5 Å². The van der Waals surface area contributed by atoms with Gasteiger partial charge in [0.2, 0.25) is 0 Å². The molecule has 0 aliphatic heterocycles. The van der Waals surface area contributed by atoms with E-state index in [1.54, 1.807) is 36.4 Å². The molecule has 0 atom stereocenters. The van der Waals surface area contributed by atoms with Gasteiger partial charge in [0.1, 0.15) is 5.75 Å². The maximum atomic E-state index is 12.3. The third-order valence-electron chi connectivity index (χ3n) is 4.03. The summed E-state index contributed by atoms with van der Waals surface area (Å²) in [5.41, 5.74) is 6.89. The lowest BCUT2D eigenvalue weighted by atomic mass is 10.1. The van der Waals surface area contributed by atoms with E-state index < -0.39 is 0 Å². The van der Waals surface area contributed by atoms with Gasteiger partial charge >= 0.3 is 0 Å². The molecule has 0 aromatic heterocycles. The summed E-state index contributed by atoms with van der Waals surface area (Å²) >= 11 is 8.45. The molecule has 154 valence electrons. The van der Waals surface area contributed by atoms with Crippen molar-refractivity contribution in [2.45, 2.75) is 27.2 Å². The summed E-state index contributed by atoms with van der Waals surface area (Å²) in [4.78, 5) is 24.4. The molecule has 0 spiro atoms. The summed E-state index contributed by atoms with van der Waals surface area (Å²) in [6, 6.07) is 12.0. The zero-order valence-electron chi connectivity index (χ0n) is 16.5. The van der Waals surface area contributed by atoms with Crippen molar-refractivity contribution in [3.05, 3.63) is 63.6 Å². The van der Waals surface area contributed by atoms with E-state index in [0.29, 0.717) is 29.4 Å². The molecule has 0 saturated carbocycles.